The SMILES string of the molecule is CC(C)CCCC(C)NC(=O)N[C@H](C(=O)O)C(C)C. The Morgan fingerprint density at radius 3 is 2.00 bits per heavy atom. The molecule has 3 N–H and O–H groups in total. The number of rotatable bonds is 8. The van der Waals surface area contributed by atoms with Crippen molar-refractivity contribution < 1.29 is 14.7 Å². The fraction of sp³-hybridized carbons (Fsp3) is 0.857. The third-order valence-electron chi connectivity index (χ3n) is 3.02. The highest BCUT2D eigenvalue weighted by atomic mass is 16.4. The van der Waals surface area contributed by atoms with Crippen LogP contribution in [0.3, 0.4) is 0 Å². The number of carboxylic acid groups (broad SMARTS) is 1. The molecule has 2 atom stereocenters. The number of hydrogen-bond acceptors (Lipinski definition) is 2. The molecule has 0 aromatic heterocycles. The summed E-state index contributed by atoms with van der Waals surface area (Å²) in [5, 5.41) is 14.3. The van der Waals surface area contributed by atoms with Crippen molar-refractivity contribution in [1.82, 2.24) is 10.6 Å². The molecule has 0 saturated carbocycles. The number of hydrogen-bond donors (Lipinski definition) is 3. The Bertz CT molecular complexity index is 290. The van der Waals surface area contributed by atoms with Crippen LogP contribution in [-0.4, -0.2) is 29.2 Å². The largest absolute Gasteiger partial charge is 0.480 e. The first kappa shape index (κ1) is 17.7. The zero-order valence-electron chi connectivity index (χ0n) is 12.7. The number of carbonyl (C=O) groups is 2. The van der Waals surface area contributed by atoms with Gasteiger partial charge in [-0.2, -0.15) is 0 Å². The van der Waals surface area contributed by atoms with Gasteiger partial charge in [-0.15, -0.1) is 0 Å². The smallest absolute Gasteiger partial charge is 0.326 e. The average Bonchev–Trinajstić information content (AvgIpc) is 2.24. The van der Waals surface area contributed by atoms with Gasteiger partial charge in [0.2, 0.25) is 0 Å². The molecule has 0 aromatic rings. The highest BCUT2D eigenvalue weighted by Gasteiger charge is 2.23. The lowest BCUT2D eigenvalue weighted by Crippen LogP contribution is -2.50. The van der Waals surface area contributed by atoms with E-state index < -0.39 is 18.0 Å². The quantitative estimate of drug-likeness (QED) is 0.635. The van der Waals surface area contributed by atoms with E-state index in [2.05, 4.69) is 24.5 Å². The number of carbonyl (C=O) groups excluding carboxylic acids is 1. The van der Waals surface area contributed by atoms with Crippen LogP contribution in [0, 0.1) is 11.8 Å². The fourth-order valence-corrected chi connectivity index (χ4v) is 1.82. The highest BCUT2D eigenvalue weighted by molar-refractivity contribution is 5.82. The number of nitrogens with one attached hydrogen (secondary N) is 2. The van der Waals surface area contributed by atoms with E-state index >= 15 is 0 Å². The van der Waals surface area contributed by atoms with Gasteiger partial charge in [0.25, 0.3) is 0 Å². The molecule has 0 fully saturated rings. The highest BCUT2D eigenvalue weighted by Crippen LogP contribution is 2.08. The second-order valence-electron chi connectivity index (χ2n) is 5.90. The van der Waals surface area contributed by atoms with E-state index in [1.807, 2.05) is 6.92 Å². The van der Waals surface area contributed by atoms with Crippen LogP contribution in [0.4, 0.5) is 4.79 Å². The number of urea groups is 1. The van der Waals surface area contributed by atoms with Gasteiger partial charge in [-0.3, -0.25) is 0 Å². The standard InChI is InChI=1S/C14H28N2O3/c1-9(2)7-6-8-11(5)15-14(19)16-12(10(3)4)13(17)18/h9-12H,6-8H2,1-5H3,(H,17,18)(H2,15,16,19)/t11?,12-/m0/s1. The van der Waals surface area contributed by atoms with E-state index in [4.69, 9.17) is 5.11 Å². The van der Waals surface area contributed by atoms with Gasteiger partial charge in [0, 0.05) is 6.04 Å². The van der Waals surface area contributed by atoms with Gasteiger partial charge >= 0.3 is 12.0 Å². The molecule has 0 rings (SSSR count). The zero-order chi connectivity index (χ0) is 15.0. The topological polar surface area (TPSA) is 78.4 Å². The van der Waals surface area contributed by atoms with E-state index in [-0.39, 0.29) is 12.0 Å². The minimum absolute atomic E-state index is 0.0559. The van der Waals surface area contributed by atoms with Crippen molar-refractivity contribution in [3.05, 3.63) is 0 Å². The van der Waals surface area contributed by atoms with E-state index in [1.54, 1.807) is 13.8 Å². The predicted molar refractivity (Wildman–Crippen MR) is 76.1 cm³/mol. The molecule has 112 valence electrons. The van der Waals surface area contributed by atoms with Crippen LogP contribution in [-0.2, 0) is 4.79 Å². The van der Waals surface area contributed by atoms with Gasteiger partial charge < -0.3 is 15.7 Å². The average molecular weight is 272 g/mol. The fourth-order valence-electron chi connectivity index (χ4n) is 1.82. The summed E-state index contributed by atoms with van der Waals surface area (Å²) in [6, 6.07) is -1.19. The van der Waals surface area contributed by atoms with Crippen LogP contribution in [0.15, 0.2) is 0 Å². The van der Waals surface area contributed by atoms with Crippen LogP contribution < -0.4 is 10.6 Å². The monoisotopic (exact) mass is 272 g/mol. The molecule has 0 bridgehead atoms. The van der Waals surface area contributed by atoms with Crippen molar-refractivity contribution in [3.63, 3.8) is 0 Å². The Balaban J connectivity index is 4.05. The van der Waals surface area contributed by atoms with E-state index in [1.165, 1.54) is 0 Å². The van der Waals surface area contributed by atoms with Crippen molar-refractivity contribution in [3.8, 4) is 0 Å². The number of carboxylic acids is 1. The van der Waals surface area contributed by atoms with Gasteiger partial charge in [-0.25, -0.2) is 9.59 Å². The molecule has 2 amide bonds. The molecule has 5 nitrogen and oxygen atoms in total. The Morgan fingerprint density at radius 2 is 1.58 bits per heavy atom. The summed E-state index contributed by atoms with van der Waals surface area (Å²) in [5.41, 5.74) is 0. The maximum atomic E-state index is 11.7. The summed E-state index contributed by atoms with van der Waals surface area (Å²) in [6.07, 6.45) is 3.11. The van der Waals surface area contributed by atoms with Crippen molar-refractivity contribution in [2.24, 2.45) is 11.8 Å². The molecule has 0 aromatic carbocycles. The Hall–Kier alpha value is -1.26. The third-order valence-corrected chi connectivity index (χ3v) is 3.02. The molecular weight excluding hydrogens is 244 g/mol. The van der Waals surface area contributed by atoms with Gasteiger partial charge in [-0.1, -0.05) is 40.5 Å². The molecule has 0 aliphatic rings. The normalized spacial score (nSPS) is 14.3. The van der Waals surface area contributed by atoms with Gasteiger partial charge in [0.15, 0.2) is 0 Å². The maximum Gasteiger partial charge on any atom is 0.326 e. The molecule has 0 saturated heterocycles. The lowest BCUT2D eigenvalue weighted by molar-refractivity contribution is -0.140. The zero-order valence-corrected chi connectivity index (χ0v) is 12.7. The van der Waals surface area contributed by atoms with Crippen LogP contribution in [0.1, 0.15) is 53.9 Å². The van der Waals surface area contributed by atoms with Crippen molar-refractivity contribution in [2.75, 3.05) is 0 Å². The van der Waals surface area contributed by atoms with Crippen molar-refractivity contribution in [1.29, 1.82) is 0 Å². The minimum Gasteiger partial charge on any atom is -0.480 e. The summed E-state index contributed by atoms with van der Waals surface area (Å²) < 4.78 is 0. The van der Waals surface area contributed by atoms with E-state index in [9.17, 15) is 9.59 Å². The van der Waals surface area contributed by atoms with Gasteiger partial charge in [0.1, 0.15) is 6.04 Å². The number of aliphatic carboxylic acids is 1. The molecule has 1 unspecified atom stereocenters. The molecule has 0 aliphatic carbocycles. The molecule has 19 heavy (non-hydrogen) atoms. The Labute approximate surface area is 116 Å². The first-order valence-corrected chi connectivity index (χ1v) is 7.03. The molecular formula is C14H28N2O3. The maximum absolute atomic E-state index is 11.7. The molecule has 0 radical (unpaired) electrons. The van der Waals surface area contributed by atoms with E-state index in [0.717, 1.165) is 19.3 Å². The summed E-state index contributed by atoms with van der Waals surface area (Å²) in [7, 11) is 0. The van der Waals surface area contributed by atoms with Crippen LogP contribution >= 0.6 is 0 Å². The lowest BCUT2D eigenvalue weighted by atomic mass is 10.0. The summed E-state index contributed by atoms with van der Waals surface area (Å²) in [5.74, 6) is -0.476. The summed E-state index contributed by atoms with van der Waals surface area (Å²) in [6.45, 7) is 9.82. The first-order chi connectivity index (χ1) is 8.73. The first-order valence-electron chi connectivity index (χ1n) is 7.03. The molecule has 5 heteroatoms. The lowest BCUT2D eigenvalue weighted by Gasteiger charge is -2.20. The van der Waals surface area contributed by atoms with Gasteiger partial charge in [-0.05, 0) is 25.2 Å². The number of amides is 2. The Morgan fingerprint density at radius 1 is 1.00 bits per heavy atom. The van der Waals surface area contributed by atoms with Crippen LogP contribution in [0.25, 0.3) is 0 Å². The molecule has 0 spiro atoms. The molecule has 0 heterocycles. The predicted octanol–water partition coefficient (Wildman–Crippen LogP) is 2.61. The summed E-state index contributed by atoms with van der Waals surface area (Å²) in [4.78, 5) is 22.7. The van der Waals surface area contributed by atoms with Crippen LogP contribution in [0.5, 0.6) is 0 Å². The van der Waals surface area contributed by atoms with Crippen molar-refractivity contribution >= 4 is 12.0 Å². The molecule has 0 aliphatic heterocycles. The van der Waals surface area contributed by atoms with Gasteiger partial charge in [0.05, 0.1) is 0 Å². The Kier molecular flexibility index (Phi) is 8.19. The second kappa shape index (κ2) is 8.77. The van der Waals surface area contributed by atoms with Crippen LogP contribution in [0.2, 0.25) is 0 Å². The van der Waals surface area contributed by atoms with E-state index in [0.29, 0.717) is 5.92 Å². The summed E-state index contributed by atoms with van der Waals surface area (Å²) >= 11 is 0. The minimum atomic E-state index is -1.00. The third kappa shape index (κ3) is 8.46. The second-order valence-corrected chi connectivity index (χ2v) is 5.90. The van der Waals surface area contributed by atoms with Crippen molar-refractivity contribution in [2.45, 2.75) is 66.0 Å².